The average Bonchev–Trinajstić information content (AvgIpc) is 2.21. The van der Waals surface area contributed by atoms with Gasteiger partial charge in [-0.1, -0.05) is 13.8 Å². The van der Waals surface area contributed by atoms with Crippen molar-refractivity contribution in [2.45, 2.75) is 26.7 Å². The molecular weight excluding hydrogens is 211 g/mol. The maximum Gasteiger partial charge on any atom is 0 e. The predicted molar refractivity (Wildman–Crippen MR) is 46.7 cm³/mol. The summed E-state index contributed by atoms with van der Waals surface area (Å²) in [5.74, 6) is 0. The van der Waals surface area contributed by atoms with Crippen LogP contribution in [0.2, 0.25) is 0 Å². The molecule has 11 heavy (non-hydrogen) atoms. The van der Waals surface area contributed by atoms with Crippen LogP contribution in [0.4, 0.5) is 0 Å². The summed E-state index contributed by atoms with van der Waals surface area (Å²) >= 11 is 0. The van der Waals surface area contributed by atoms with E-state index >= 15 is 0 Å². The molecule has 1 saturated heterocycles. The third-order valence-electron chi connectivity index (χ3n) is 1.46. The number of hydrogen-bond acceptors (Lipinski definition) is 1. The van der Waals surface area contributed by atoms with Crippen LogP contribution in [0.3, 0.4) is 0 Å². The van der Waals surface area contributed by atoms with Crippen LogP contribution in [0.25, 0.3) is 0 Å². The van der Waals surface area contributed by atoms with E-state index in [1.165, 1.54) is 12.8 Å². The molecule has 1 heterocycles. The van der Waals surface area contributed by atoms with Crippen molar-refractivity contribution in [2.75, 3.05) is 20.1 Å². The molecule has 1 aliphatic heterocycles. The molecule has 0 atom stereocenters. The van der Waals surface area contributed by atoms with Gasteiger partial charge in [0.05, 0.1) is 0 Å². The van der Waals surface area contributed by atoms with Crippen molar-refractivity contribution in [2.24, 2.45) is 0 Å². The van der Waals surface area contributed by atoms with Crippen LogP contribution in [0, 0.1) is 12.8 Å². The molecule has 2 heteroatoms. The Kier molecular flexibility index (Phi) is 14.7. The Balaban J connectivity index is 0. The predicted octanol–water partition coefficient (Wildman–Crippen LogP) is 2.14. The van der Waals surface area contributed by atoms with Crippen molar-refractivity contribution in [3.05, 3.63) is 12.8 Å². The zero-order valence-electron chi connectivity index (χ0n) is 8.01. The van der Waals surface area contributed by atoms with E-state index in [4.69, 9.17) is 0 Å². The van der Waals surface area contributed by atoms with E-state index in [1.807, 2.05) is 13.8 Å². The van der Waals surface area contributed by atoms with Gasteiger partial charge in [0.15, 0.2) is 0 Å². The number of rotatable bonds is 0. The molecule has 0 bridgehead atoms. The molecule has 0 saturated carbocycles. The summed E-state index contributed by atoms with van der Waals surface area (Å²) in [6, 6.07) is 0. The Bertz CT molecular complexity index is 58.6. The Labute approximate surface area is 96.8 Å². The zero-order chi connectivity index (χ0) is 7.82. The Morgan fingerprint density at radius 3 is 1.73 bits per heavy atom. The summed E-state index contributed by atoms with van der Waals surface area (Å²) in [7, 11) is 2.15. The monoisotopic (exact) mass is 230 g/mol. The smallest absolute Gasteiger partial charge is 0 e. The maximum atomic E-state index is 2.34. The first-order valence-electron chi connectivity index (χ1n) is 4.21. The van der Waals surface area contributed by atoms with Crippen molar-refractivity contribution in [1.29, 1.82) is 0 Å². The topological polar surface area (TPSA) is 3.24 Å². The molecule has 0 spiro atoms. The molecule has 0 unspecified atom stereocenters. The summed E-state index contributed by atoms with van der Waals surface area (Å²) in [5.41, 5.74) is 0. The van der Waals surface area contributed by atoms with E-state index < -0.39 is 0 Å². The largest absolute Gasteiger partial charge is 0.365 e. The first-order chi connectivity index (χ1) is 4.89. The number of hydrogen-bond donors (Lipinski definition) is 0. The molecule has 0 aromatic carbocycles. The van der Waals surface area contributed by atoms with Gasteiger partial charge in [-0.2, -0.15) is 0 Å². The minimum atomic E-state index is 0. The average molecular weight is 230 g/mol. The minimum absolute atomic E-state index is 0. The summed E-state index contributed by atoms with van der Waals surface area (Å²) < 4.78 is 0. The quantitative estimate of drug-likeness (QED) is 0.576. The molecule has 0 aliphatic carbocycles. The van der Waals surface area contributed by atoms with Crippen molar-refractivity contribution >= 4 is 0 Å². The van der Waals surface area contributed by atoms with Crippen molar-refractivity contribution in [1.82, 2.24) is 4.90 Å². The van der Waals surface area contributed by atoms with Gasteiger partial charge in [0.1, 0.15) is 0 Å². The van der Waals surface area contributed by atoms with Crippen molar-refractivity contribution in [3.63, 3.8) is 0 Å². The Morgan fingerprint density at radius 1 is 1.00 bits per heavy atom. The van der Waals surface area contributed by atoms with E-state index in [0.29, 0.717) is 0 Å². The van der Waals surface area contributed by atoms with Gasteiger partial charge in [0.2, 0.25) is 0 Å². The fourth-order valence-corrected chi connectivity index (χ4v) is 0.934. The van der Waals surface area contributed by atoms with Crippen molar-refractivity contribution in [3.8, 4) is 0 Å². The van der Waals surface area contributed by atoms with Crippen LogP contribution < -0.4 is 0 Å². The van der Waals surface area contributed by atoms with Gasteiger partial charge in [0.25, 0.3) is 0 Å². The molecule has 1 rings (SSSR count). The van der Waals surface area contributed by atoms with Crippen LogP contribution in [0.5, 0.6) is 0 Å². The minimum Gasteiger partial charge on any atom is -0.365 e. The Hall–Kier alpha value is 1.06. The van der Waals surface area contributed by atoms with Gasteiger partial charge in [-0.3, -0.25) is 0 Å². The molecule has 0 N–H and O–H groups in total. The molecule has 0 aromatic rings. The second-order valence-corrected chi connectivity index (χ2v) is 2.38. The van der Waals surface area contributed by atoms with Crippen LogP contribution >= 0.6 is 0 Å². The van der Waals surface area contributed by atoms with Gasteiger partial charge in [0, 0.05) is 32.7 Å². The van der Waals surface area contributed by atoms with E-state index in [1.54, 1.807) is 0 Å². The standard InChI is InChI=1S/C7H13N.C2H6.Y/c1-8-6-4-2-3-5-7-8;1-2;/h4-5H,2-3,6-7H2,1H3;1-2H3;/q-2;;. The van der Waals surface area contributed by atoms with Gasteiger partial charge in [-0.05, 0) is 7.05 Å². The summed E-state index contributed by atoms with van der Waals surface area (Å²) in [6.07, 6.45) is 7.21. The van der Waals surface area contributed by atoms with Crippen LogP contribution in [-0.2, 0) is 32.7 Å². The first-order valence-corrected chi connectivity index (χ1v) is 4.21. The van der Waals surface area contributed by atoms with E-state index in [-0.39, 0.29) is 32.7 Å². The van der Waals surface area contributed by atoms with E-state index in [2.05, 4.69) is 24.8 Å². The van der Waals surface area contributed by atoms with E-state index in [9.17, 15) is 0 Å². The Morgan fingerprint density at radius 2 is 1.36 bits per heavy atom. The molecule has 65 valence electrons. The molecule has 1 fully saturated rings. The molecule has 1 nitrogen and oxygen atoms in total. The normalized spacial score (nSPS) is 18.8. The van der Waals surface area contributed by atoms with Crippen LogP contribution in [-0.4, -0.2) is 25.0 Å². The maximum absolute atomic E-state index is 2.34. The molecular formula is C9H19NY-2. The summed E-state index contributed by atoms with van der Waals surface area (Å²) in [6.45, 7) is 6.33. The SMILES string of the molecule is CC.CN1C[CH-]CC[CH-]C1.[Y]. The summed E-state index contributed by atoms with van der Waals surface area (Å²) in [4.78, 5) is 2.31. The van der Waals surface area contributed by atoms with E-state index in [0.717, 1.165) is 13.1 Å². The summed E-state index contributed by atoms with van der Waals surface area (Å²) in [5, 5.41) is 0. The molecule has 1 aliphatic rings. The van der Waals surface area contributed by atoms with Crippen LogP contribution in [0.1, 0.15) is 26.7 Å². The number of likely N-dealkylation sites (tertiary alicyclic amines) is 1. The van der Waals surface area contributed by atoms with Crippen LogP contribution in [0.15, 0.2) is 0 Å². The fraction of sp³-hybridized carbons (Fsp3) is 0.778. The molecule has 0 amide bonds. The number of nitrogens with zero attached hydrogens (tertiary/aromatic N) is 1. The molecule has 0 aromatic heterocycles. The van der Waals surface area contributed by atoms with Gasteiger partial charge >= 0.3 is 0 Å². The fourth-order valence-electron chi connectivity index (χ4n) is 0.934. The van der Waals surface area contributed by atoms with Gasteiger partial charge in [-0.25, -0.2) is 12.8 Å². The third kappa shape index (κ3) is 8.97. The zero-order valence-corrected chi connectivity index (χ0v) is 10.8. The van der Waals surface area contributed by atoms with Gasteiger partial charge in [-0.15, -0.1) is 13.1 Å². The second kappa shape index (κ2) is 11.1. The van der Waals surface area contributed by atoms with Gasteiger partial charge < -0.3 is 17.7 Å². The molecule has 1 radical (unpaired) electrons. The van der Waals surface area contributed by atoms with Crippen molar-refractivity contribution < 1.29 is 32.7 Å². The first kappa shape index (κ1) is 14.6. The third-order valence-corrected chi connectivity index (χ3v) is 1.46. The second-order valence-electron chi connectivity index (χ2n) is 2.38.